The fraction of sp³-hybridized carbons (Fsp3) is 0.316. The molecular formula is C19H19N3O3S. The maximum absolute atomic E-state index is 12.4. The van der Waals surface area contributed by atoms with Crippen LogP contribution in [0.4, 0.5) is 0 Å². The summed E-state index contributed by atoms with van der Waals surface area (Å²) in [5.41, 5.74) is -0.144. The highest BCUT2D eigenvalue weighted by molar-refractivity contribution is 7.14. The van der Waals surface area contributed by atoms with E-state index in [1.165, 1.54) is 16.0 Å². The SMILES string of the molecule is O=C(NCCn1ncc2ccccc2c1=O)c1ccc(C2CCCO2)s1. The largest absolute Gasteiger partial charge is 0.373 e. The Hall–Kier alpha value is -2.51. The first-order chi connectivity index (χ1) is 12.7. The van der Waals surface area contributed by atoms with Crippen molar-refractivity contribution in [3.05, 3.63) is 62.7 Å². The van der Waals surface area contributed by atoms with Gasteiger partial charge in [-0.1, -0.05) is 18.2 Å². The summed E-state index contributed by atoms with van der Waals surface area (Å²) < 4.78 is 7.04. The number of ether oxygens (including phenoxy) is 1. The van der Waals surface area contributed by atoms with Gasteiger partial charge >= 0.3 is 0 Å². The van der Waals surface area contributed by atoms with E-state index in [9.17, 15) is 9.59 Å². The number of benzene rings is 1. The summed E-state index contributed by atoms with van der Waals surface area (Å²) in [6.07, 6.45) is 3.88. The van der Waals surface area contributed by atoms with Crippen LogP contribution in [0, 0.1) is 0 Å². The molecular weight excluding hydrogens is 350 g/mol. The minimum Gasteiger partial charge on any atom is -0.373 e. The maximum atomic E-state index is 12.4. The van der Waals surface area contributed by atoms with Gasteiger partial charge in [0.1, 0.15) is 0 Å². The number of carbonyl (C=O) groups excluding carboxylic acids is 1. The second-order valence-corrected chi connectivity index (χ2v) is 7.34. The molecule has 0 aliphatic carbocycles. The molecule has 7 heteroatoms. The van der Waals surface area contributed by atoms with Crippen LogP contribution >= 0.6 is 11.3 Å². The summed E-state index contributed by atoms with van der Waals surface area (Å²) in [7, 11) is 0. The molecule has 4 rings (SSSR count). The Morgan fingerprint density at radius 1 is 1.31 bits per heavy atom. The molecule has 1 unspecified atom stereocenters. The molecule has 134 valence electrons. The molecule has 0 saturated carbocycles. The normalized spacial score (nSPS) is 16.8. The van der Waals surface area contributed by atoms with E-state index < -0.39 is 0 Å². The van der Waals surface area contributed by atoms with E-state index in [2.05, 4.69) is 10.4 Å². The van der Waals surface area contributed by atoms with E-state index in [-0.39, 0.29) is 17.6 Å². The van der Waals surface area contributed by atoms with E-state index in [0.29, 0.717) is 23.4 Å². The number of fused-ring (bicyclic) bond motifs is 1. The van der Waals surface area contributed by atoms with Gasteiger partial charge in [0.25, 0.3) is 11.5 Å². The van der Waals surface area contributed by atoms with Crippen molar-refractivity contribution in [2.45, 2.75) is 25.5 Å². The van der Waals surface area contributed by atoms with Gasteiger partial charge < -0.3 is 10.1 Å². The Labute approximate surface area is 154 Å². The summed E-state index contributed by atoms with van der Waals surface area (Å²) in [4.78, 5) is 26.5. The van der Waals surface area contributed by atoms with Crippen molar-refractivity contribution in [2.75, 3.05) is 13.2 Å². The Morgan fingerprint density at radius 2 is 2.19 bits per heavy atom. The minimum absolute atomic E-state index is 0.127. The van der Waals surface area contributed by atoms with Gasteiger partial charge in [-0.15, -0.1) is 11.3 Å². The lowest BCUT2D eigenvalue weighted by atomic mass is 10.2. The van der Waals surface area contributed by atoms with E-state index in [4.69, 9.17) is 4.74 Å². The quantitative estimate of drug-likeness (QED) is 0.751. The van der Waals surface area contributed by atoms with E-state index >= 15 is 0 Å². The Kier molecular flexibility index (Phi) is 4.81. The zero-order chi connectivity index (χ0) is 17.9. The fourth-order valence-electron chi connectivity index (χ4n) is 3.10. The standard InChI is InChI=1S/C19H19N3O3S/c23-18(17-8-7-16(26-17)15-6-3-11-25-15)20-9-10-22-19(24)14-5-2-1-4-13(14)12-21-22/h1-2,4-5,7-8,12,15H,3,6,9-11H2,(H,20,23). The van der Waals surface area contributed by atoms with E-state index in [1.807, 2.05) is 30.3 Å². The van der Waals surface area contributed by atoms with Crippen LogP contribution in [0.15, 0.2) is 47.4 Å². The predicted octanol–water partition coefficient (Wildman–Crippen LogP) is 2.74. The van der Waals surface area contributed by atoms with Crippen molar-refractivity contribution in [1.29, 1.82) is 0 Å². The van der Waals surface area contributed by atoms with Crippen molar-refractivity contribution in [1.82, 2.24) is 15.1 Å². The molecule has 3 aromatic rings. The summed E-state index contributed by atoms with van der Waals surface area (Å²) >= 11 is 1.47. The van der Waals surface area contributed by atoms with Gasteiger partial charge in [0.15, 0.2) is 0 Å². The zero-order valence-corrected chi connectivity index (χ0v) is 15.0. The molecule has 1 aliphatic rings. The number of rotatable bonds is 5. The van der Waals surface area contributed by atoms with Gasteiger partial charge in [-0.2, -0.15) is 5.10 Å². The highest BCUT2D eigenvalue weighted by Crippen LogP contribution is 2.33. The number of hydrogen-bond acceptors (Lipinski definition) is 5. The topological polar surface area (TPSA) is 73.2 Å². The molecule has 1 aromatic carbocycles. The summed E-state index contributed by atoms with van der Waals surface area (Å²) in [5, 5.41) is 8.48. The second kappa shape index (κ2) is 7.39. The second-order valence-electron chi connectivity index (χ2n) is 6.22. The van der Waals surface area contributed by atoms with Gasteiger partial charge in [0, 0.05) is 23.4 Å². The highest BCUT2D eigenvalue weighted by Gasteiger charge is 2.20. The van der Waals surface area contributed by atoms with E-state index in [0.717, 1.165) is 29.7 Å². The molecule has 0 bridgehead atoms. The van der Waals surface area contributed by atoms with Gasteiger partial charge in [0.2, 0.25) is 0 Å². The summed E-state index contributed by atoms with van der Waals surface area (Å²) in [6, 6.07) is 11.1. The monoisotopic (exact) mass is 369 g/mol. The average Bonchev–Trinajstić information content (AvgIpc) is 3.35. The predicted molar refractivity (Wildman–Crippen MR) is 101 cm³/mol. The third kappa shape index (κ3) is 3.40. The molecule has 0 spiro atoms. The zero-order valence-electron chi connectivity index (χ0n) is 14.2. The molecule has 1 aliphatic heterocycles. The number of aromatic nitrogens is 2. The van der Waals surface area contributed by atoms with Gasteiger partial charge in [-0.25, -0.2) is 4.68 Å². The molecule has 1 N–H and O–H groups in total. The lowest BCUT2D eigenvalue weighted by Crippen LogP contribution is -2.31. The number of thiophene rings is 1. The Balaban J connectivity index is 1.38. The van der Waals surface area contributed by atoms with Gasteiger partial charge in [0.05, 0.1) is 29.1 Å². The van der Waals surface area contributed by atoms with Crippen molar-refractivity contribution in [3.8, 4) is 0 Å². The van der Waals surface area contributed by atoms with Crippen LogP contribution in [0.3, 0.4) is 0 Å². The third-order valence-corrected chi connectivity index (χ3v) is 5.64. The van der Waals surface area contributed by atoms with Crippen LogP contribution in [-0.4, -0.2) is 28.8 Å². The molecule has 1 saturated heterocycles. The minimum atomic E-state index is -0.144. The number of nitrogens with zero attached hydrogens (tertiary/aromatic N) is 2. The summed E-state index contributed by atoms with van der Waals surface area (Å²) in [6.45, 7) is 1.47. The smallest absolute Gasteiger partial charge is 0.274 e. The number of nitrogens with one attached hydrogen (secondary N) is 1. The van der Waals surface area contributed by atoms with Gasteiger partial charge in [-0.3, -0.25) is 9.59 Å². The van der Waals surface area contributed by atoms with Crippen molar-refractivity contribution >= 4 is 28.0 Å². The Morgan fingerprint density at radius 3 is 3.04 bits per heavy atom. The van der Waals surface area contributed by atoms with Crippen LogP contribution in [0.1, 0.15) is 33.5 Å². The number of amides is 1. The molecule has 26 heavy (non-hydrogen) atoms. The maximum Gasteiger partial charge on any atom is 0.274 e. The summed E-state index contributed by atoms with van der Waals surface area (Å²) in [5.74, 6) is -0.131. The van der Waals surface area contributed by atoms with Crippen molar-refractivity contribution in [2.24, 2.45) is 0 Å². The fourth-order valence-corrected chi connectivity index (χ4v) is 4.11. The van der Waals surface area contributed by atoms with Gasteiger partial charge in [-0.05, 0) is 31.0 Å². The first-order valence-corrected chi connectivity index (χ1v) is 9.48. The van der Waals surface area contributed by atoms with Crippen LogP contribution in [0.2, 0.25) is 0 Å². The van der Waals surface area contributed by atoms with E-state index in [1.54, 1.807) is 12.3 Å². The lowest BCUT2D eigenvalue weighted by Gasteiger charge is -2.07. The van der Waals surface area contributed by atoms with Crippen LogP contribution < -0.4 is 10.9 Å². The number of hydrogen-bond donors (Lipinski definition) is 1. The van der Waals surface area contributed by atoms with Crippen molar-refractivity contribution < 1.29 is 9.53 Å². The molecule has 6 nitrogen and oxygen atoms in total. The molecule has 3 heterocycles. The van der Waals surface area contributed by atoms with Crippen LogP contribution in [0.25, 0.3) is 10.8 Å². The van der Waals surface area contributed by atoms with Crippen molar-refractivity contribution in [3.63, 3.8) is 0 Å². The average molecular weight is 369 g/mol. The first-order valence-electron chi connectivity index (χ1n) is 8.67. The molecule has 1 amide bonds. The highest BCUT2D eigenvalue weighted by atomic mass is 32.1. The Bertz CT molecular complexity index is 989. The van der Waals surface area contributed by atoms with Crippen LogP contribution in [-0.2, 0) is 11.3 Å². The number of carbonyl (C=O) groups is 1. The first kappa shape index (κ1) is 16.9. The molecule has 1 fully saturated rings. The third-order valence-electron chi connectivity index (χ3n) is 4.47. The molecule has 0 radical (unpaired) electrons. The molecule has 1 atom stereocenters. The molecule has 2 aromatic heterocycles. The lowest BCUT2D eigenvalue weighted by molar-refractivity contribution is 0.0956. The van der Waals surface area contributed by atoms with Crippen LogP contribution in [0.5, 0.6) is 0 Å².